The molecular formula is C24H20N2O2. The molecule has 0 radical (unpaired) electrons. The van der Waals surface area contributed by atoms with Crippen LogP contribution in [0, 0.1) is 25.2 Å². The lowest BCUT2D eigenvalue weighted by Crippen LogP contribution is -2.32. The maximum Gasteiger partial charge on any atom is 0.273 e. The van der Waals surface area contributed by atoms with Gasteiger partial charge in [0.25, 0.3) is 5.56 Å². The number of benzene rings is 2. The van der Waals surface area contributed by atoms with Gasteiger partial charge >= 0.3 is 0 Å². The van der Waals surface area contributed by atoms with Gasteiger partial charge in [-0.3, -0.25) is 14.2 Å². The van der Waals surface area contributed by atoms with Gasteiger partial charge < -0.3 is 0 Å². The average molecular weight is 368 g/mol. The quantitative estimate of drug-likeness (QED) is 0.680. The first-order chi connectivity index (χ1) is 13.5. The third-order valence-electron chi connectivity index (χ3n) is 5.46. The minimum absolute atomic E-state index is 0.00485. The summed E-state index contributed by atoms with van der Waals surface area (Å²) in [7, 11) is 0. The maximum atomic E-state index is 13.1. The highest BCUT2D eigenvalue weighted by molar-refractivity contribution is 5.99. The van der Waals surface area contributed by atoms with Crippen LogP contribution >= 0.6 is 0 Å². The second kappa shape index (κ2) is 6.94. The number of hydrogen-bond donors (Lipinski definition) is 0. The highest BCUT2D eigenvalue weighted by Crippen LogP contribution is 2.33. The lowest BCUT2D eigenvalue weighted by atomic mass is 9.81. The van der Waals surface area contributed by atoms with Crippen LogP contribution in [0.3, 0.4) is 0 Å². The number of Topliss-reactive ketones (excluding diaryl/α,β-unsaturated/α-hetero) is 1. The number of aryl methyl sites for hydroxylation is 2. The molecule has 1 unspecified atom stereocenters. The number of nitrogens with zero attached hydrogens (tertiary/aromatic N) is 2. The predicted molar refractivity (Wildman–Crippen MR) is 108 cm³/mol. The summed E-state index contributed by atoms with van der Waals surface area (Å²) in [6, 6.07) is 19.2. The Morgan fingerprint density at radius 3 is 2.43 bits per heavy atom. The van der Waals surface area contributed by atoms with E-state index in [4.69, 9.17) is 0 Å². The minimum Gasteiger partial charge on any atom is -0.294 e. The molecule has 1 atom stereocenters. The number of fused-ring (bicyclic) bond motifs is 1. The first-order valence-electron chi connectivity index (χ1n) is 9.34. The molecule has 4 heteroatoms. The van der Waals surface area contributed by atoms with E-state index < -0.39 is 0 Å². The fraction of sp³-hybridized carbons (Fsp3) is 0.208. The maximum absolute atomic E-state index is 13.1. The summed E-state index contributed by atoms with van der Waals surface area (Å²) >= 11 is 0. The Hall–Kier alpha value is -3.45. The van der Waals surface area contributed by atoms with Crippen molar-refractivity contribution < 1.29 is 4.79 Å². The molecule has 1 heterocycles. The average Bonchev–Trinajstić information content (AvgIpc) is 2.69. The van der Waals surface area contributed by atoms with Crippen LogP contribution in [0.25, 0.3) is 5.69 Å². The monoisotopic (exact) mass is 368 g/mol. The third kappa shape index (κ3) is 2.95. The summed E-state index contributed by atoms with van der Waals surface area (Å²) in [6.07, 6.45) is 0.965. The van der Waals surface area contributed by atoms with E-state index >= 15 is 0 Å². The summed E-state index contributed by atoms with van der Waals surface area (Å²) in [5, 5.41) is 9.45. The van der Waals surface area contributed by atoms with Crippen LogP contribution in [0.1, 0.15) is 50.6 Å². The number of aromatic nitrogens is 1. The third-order valence-corrected chi connectivity index (χ3v) is 5.46. The highest BCUT2D eigenvalue weighted by Gasteiger charge is 2.30. The molecule has 1 aliphatic carbocycles. The van der Waals surface area contributed by atoms with E-state index in [1.807, 2.05) is 68.4 Å². The van der Waals surface area contributed by atoms with Crippen molar-refractivity contribution in [2.45, 2.75) is 32.6 Å². The van der Waals surface area contributed by atoms with E-state index in [1.165, 1.54) is 6.07 Å². The first-order valence-corrected chi connectivity index (χ1v) is 9.34. The fourth-order valence-corrected chi connectivity index (χ4v) is 4.09. The van der Waals surface area contributed by atoms with Crippen LogP contribution in [-0.4, -0.2) is 10.4 Å². The molecule has 0 N–H and O–H groups in total. The van der Waals surface area contributed by atoms with Crippen molar-refractivity contribution in [2.24, 2.45) is 0 Å². The van der Waals surface area contributed by atoms with Crippen LogP contribution in [0.4, 0.5) is 0 Å². The summed E-state index contributed by atoms with van der Waals surface area (Å²) in [4.78, 5) is 26.0. The normalized spacial score (nSPS) is 15.8. The van der Waals surface area contributed by atoms with E-state index in [2.05, 4.69) is 0 Å². The van der Waals surface area contributed by atoms with Crippen molar-refractivity contribution in [3.05, 3.63) is 98.5 Å². The molecular weight excluding hydrogens is 348 g/mol. The standard InChI is InChI=1S/C24H20N2O2/c1-15-8-9-21(16(2)10-15)26-22-12-18(17-6-4-3-5-7-17)13-23(27)20(22)11-19(14-25)24(26)28/h3-11,18H,12-13H2,1-2H3. The molecule has 1 aromatic heterocycles. The lowest BCUT2D eigenvalue weighted by molar-refractivity contribution is 0.0962. The molecule has 0 fully saturated rings. The van der Waals surface area contributed by atoms with E-state index in [-0.39, 0.29) is 22.8 Å². The fourth-order valence-electron chi connectivity index (χ4n) is 4.09. The number of carbonyl (C=O) groups excluding carboxylic acids is 1. The molecule has 0 saturated heterocycles. The van der Waals surface area contributed by atoms with Gasteiger partial charge in [-0.2, -0.15) is 5.26 Å². The van der Waals surface area contributed by atoms with Gasteiger partial charge in [-0.15, -0.1) is 0 Å². The number of carbonyl (C=O) groups is 1. The van der Waals surface area contributed by atoms with Gasteiger partial charge in [0.2, 0.25) is 0 Å². The van der Waals surface area contributed by atoms with Crippen LogP contribution in [-0.2, 0) is 6.42 Å². The Balaban J connectivity index is 1.97. The second-order valence-electron chi connectivity index (χ2n) is 7.40. The zero-order valence-electron chi connectivity index (χ0n) is 15.9. The molecule has 0 bridgehead atoms. The molecule has 0 saturated carbocycles. The topological polar surface area (TPSA) is 62.9 Å². The Kier molecular flexibility index (Phi) is 4.44. The van der Waals surface area contributed by atoms with Gasteiger partial charge in [0.1, 0.15) is 11.6 Å². The summed E-state index contributed by atoms with van der Waals surface area (Å²) < 4.78 is 1.58. The lowest BCUT2D eigenvalue weighted by Gasteiger charge is -2.27. The zero-order chi connectivity index (χ0) is 19.8. The van der Waals surface area contributed by atoms with Crippen molar-refractivity contribution in [3.63, 3.8) is 0 Å². The molecule has 4 nitrogen and oxygen atoms in total. The van der Waals surface area contributed by atoms with Gasteiger partial charge in [0.05, 0.1) is 5.69 Å². The molecule has 0 aliphatic heterocycles. The van der Waals surface area contributed by atoms with E-state index in [9.17, 15) is 14.9 Å². The molecule has 1 aliphatic rings. The van der Waals surface area contributed by atoms with Crippen LogP contribution < -0.4 is 5.56 Å². The first kappa shape index (κ1) is 17.9. The van der Waals surface area contributed by atoms with Gasteiger partial charge in [0, 0.05) is 17.7 Å². The van der Waals surface area contributed by atoms with E-state index in [0.29, 0.717) is 24.1 Å². The molecule has 0 spiro atoms. The number of nitriles is 1. The number of hydrogen-bond acceptors (Lipinski definition) is 3. The Labute approximate surface area is 163 Å². The van der Waals surface area contributed by atoms with Crippen LogP contribution in [0.5, 0.6) is 0 Å². The number of rotatable bonds is 2. The number of pyridine rings is 1. The van der Waals surface area contributed by atoms with E-state index in [0.717, 1.165) is 22.4 Å². The zero-order valence-corrected chi connectivity index (χ0v) is 15.9. The van der Waals surface area contributed by atoms with Crippen molar-refractivity contribution in [3.8, 4) is 11.8 Å². The van der Waals surface area contributed by atoms with Gasteiger partial charge in [-0.25, -0.2) is 0 Å². The Morgan fingerprint density at radius 1 is 1.00 bits per heavy atom. The predicted octanol–water partition coefficient (Wildman–Crippen LogP) is 4.24. The SMILES string of the molecule is Cc1ccc(-n2c3c(cc(C#N)c2=O)C(=O)CC(c2ccccc2)C3)c(C)c1. The van der Waals surface area contributed by atoms with E-state index in [1.54, 1.807) is 4.57 Å². The number of ketones is 1. The van der Waals surface area contributed by atoms with Crippen molar-refractivity contribution in [1.82, 2.24) is 4.57 Å². The second-order valence-corrected chi connectivity index (χ2v) is 7.40. The molecule has 0 amide bonds. The largest absolute Gasteiger partial charge is 0.294 e. The molecule has 2 aromatic carbocycles. The Morgan fingerprint density at radius 2 is 1.75 bits per heavy atom. The molecule has 138 valence electrons. The molecule has 28 heavy (non-hydrogen) atoms. The van der Waals surface area contributed by atoms with Gasteiger partial charge in [0.15, 0.2) is 5.78 Å². The van der Waals surface area contributed by atoms with Crippen LogP contribution in [0.2, 0.25) is 0 Å². The summed E-state index contributed by atoms with van der Waals surface area (Å²) in [6.45, 7) is 3.94. The smallest absolute Gasteiger partial charge is 0.273 e. The Bertz CT molecular complexity index is 1180. The highest BCUT2D eigenvalue weighted by atomic mass is 16.1. The summed E-state index contributed by atoms with van der Waals surface area (Å²) in [5.74, 6) is -0.00402. The van der Waals surface area contributed by atoms with Gasteiger partial charge in [-0.1, -0.05) is 48.0 Å². The molecule has 3 aromatic rings. The molecule has 4 rings (SSSR count). The van der Waals surface area contributed by atoms with Gasteiger partial charge in [-0.05, 0) is 49.4 Å². The van der Waals surface area contributed by atoms with Crippen molar-refractivity contribution in [1.29, 1.82) is 5.26 Å². The summed E-state index contributed by atoms with van der Waals surface area (Å²) in [5.41, 5.74) is 4.67. The minimum atomic E-state index is -0.366. The van der Waals surface area contributed by atoms with Crippen LogP contribution in [0.15, 0.2) is 59.4 Å². The van der Waals surface area contributed by atoms with Crippen molar-refractivity contribution in [2.75, 3.05) is 0 Å². The van der Waals surface area contributed by atoms with Crippen molar-refractivity contribution >= 4 is 5.78 Å².